The van der Waals surface area contributed by atoms with E-state index in [4.69, 9.17) is 9.47 Å². The second-order valence-electron chi connectivity index (χ2n) is 7.89. The van der Waals surface area contributed by atoms with Gasteiger partial charge in [-0.2, -0.15) is 0 Å². The molecule has 1 unspecified atom stereocenters. The van der Waals surface area contributed by atoms with Crippen molar-refractivity contribution in [3.63, 3.8) is 0 Å². The average molecular weight is 424 g/mol. The number of hydrogen-bond donors (Lipinski definition) is 1. The first-order valence-electron chi connectivity index (χ1n) is 10.4. The molecule has 0 bridgehead atoms. The van der Waals surface area contributed by atoms with Crippen LogP contribution in [0.5, 0.6) is 5.75 Å². The minimum atomic E-state index is -0.901. The lowest BCUT2D eigenvalue weighted by Gasteiger charge is -2.34. The molecule has 31 heavy (non-hydrogen) atoms. The SMILES string of the molecule is CC(C)COc1ccc(C(=O)N2CCNC(=O)C2CC(=O)OCc2ccccc2)cc1. The summed E-state index contributed by atoms with van der Waals surface area (Å²) in [6.07, 6.45) is -0.194. The summed E-state index contributed by atoms with van der Waals surface area (Å²) in [5.74, 6) is -0.0985. The van der Waals surface area contributed by atoms with E-state index in [-0.39, 0.29) is 24.8 Å². The van der Waals surface area contributed by atoms with Crippen LogP contribution < -0.4 is 10.1 Å². The molecule has 2 aromatic carbocycles. The number of nitrogens with one attached hydrogen (secondary N) is 1. The van der Waals surface area contributed by atoms with Gasteiger partial charge < -0.3 is 19.7 Å². The van der Waals surface area contributed by atoms with Crippen LogP contribution in [-0.2, 0) is 20.9 Å². The van der Waals surface area contributed by atoms with Crippen LogP contribution in [0.4, 0.5) is 0 Å². The Morgan fingerprint density at radius 3 is 2.48 bits per heavy atom. The molecule has 7 heteroatoms. The number of nitrogens with zero attached hydrogens (tertiary/aromatic N) is 1. The largest absolute Gasteiger partial charge is 0.493 e. The molecule has 0 aliphatic carbocycles. The van der Waals surface area contributed by atoms with E-state index < -0.39 is 12.0 Å². The van der Waals surface area contributed by atoms with Crippen LogP contribution in [0.25, 0.3) is 0 Å². The summed E-state index contributed by atoms with van der Waals surface area (Å²) < 4.78 is 11.0. The molecule has 2 aromatic rings. The molecule has 3 rings (SSSR count). The predicted octanol–water partition coefficient (Wildman–Crippen LogP) is 2.80. The lowest BCUT2D eigenvalue weighted by molar-refractivity contribution is -0.148. The van der Waals surface area contributed by atoms with Crippen molar-refractivity contribution < 1.29 is 23.9 Å². The average Bonchev–Trinajstić information content (AvgIpc) is 2.78. The Bertz CT molecular complexity index is 896. The van der Waals surface area contributed by atoms with Crippen LogP contribution in [0.2, 0.25) is 0 Å². The standard InChI is InChI=1S/C24H28N2O5/c1-17(2)15-30-20-10-8-19(9-11-20)24(29)26-13-12-25-23(28)21(26)14-22(27)31-16-18-6-4-3-5-7-18/h3-11,17,21H,12-16H2,1-2H3,(H,25,28). The Morgan fingerprint density at radius 2 is 1.81 bits per heavy atom. The molecule has 1 saturated heterocycles. The van der Waals surface area contributed by atoms with E-state index in [1.54, 1.807) is 24.3 Å². The van der Waals surface area contributed by atoms with Crippen molar-refractivity contribution in [2.45, 2.75) is 32.9 Å². The predicted molar refractivity (Wildman–Crippen MR) is 115 cm³/mol. The third-order valence-electron chi connectivity index (χ3n) is 4.88. The molecule has 7 nitrogen and oxygen atoms in total. The van der Waals surface area contributed by atoms with E-state index in [1.807, 2.05) is 30.3 Å². The fourth-order valence-electron chi connectivity index (χ4n) is 3.24. The van der Waals surface area contributed by atoms with Crippen molar-refractivity contribution in [1.82, 2.24) is 10.2 Å². The molecule has 0 saturated carbocycles. The molecule has 1 fully saturated rings. The fourth-order valence-corrected chi connectivity index (χ4v) is 3.24. The van der Waals surface area contributed by atoms with Crippen LogP contribution in [0.15, 0.2) is 54.6 Å². The topological polar surface area (TPSA) is 84.9 Å². The molecule has 1 heterocycles. The second-order valence-corrected chi connectivity index (χ2v) is 7.89. The normalized spacial score (nSPS) is 16.0. The highest BCUT2D eigenvalue weighted by atomic mass is 16.5. The van der Waals surface area contributed by atoms with Crippen molar-refractivity contribution >= 4 is 17.8 Å². The molecule has 1 aliphatic heterocycles. The number of amides is 2. The summed E-state index contributed by atoms with van der Waals surface area (Å²) >= 11 is 0. The molecule has 0 spiro atoms. The maximum atomic E-state index is 13.0. The third-order valence-corrected chi connectivity index (χ3v) is 4.88. The highest BCUT2D eigenvalue weighted by Crippen LogP contribution is 2.18. The number of piperazine rings is 1. The van der Waals surface area contributed by atoms with Crippen molar-refractivity contribution in [1.29, 1.82) is 0 Å². The first-order chi connectivity index (χ1) is 14.9. The highest BCUT2D eigenvalue weighted by Gasteiger charge is 2.35. The number of benzene rings is 2. The van der Waals surface area contributed by atoms with Gasteiger partial charge in [0.25, 0.3) is 5.91 Å². The number of carbonyl (C=O) groups is 3. The molecule has 1 N–H and O–H groups in total. The lowest BCUT2D eigenvalue weighted by Crippen LogP contribution is -2.57. The van der Waals surface area contributed by atoms with Crippen molar-refractivity contribution in [2.75, 3.05) is 19.7 Å². The summed E-state index contributed by atoms with van der Waals surface area (Å²) in [6, 6.07) is 15.2. The van der Waals surface area contributed by atoms with Crippen LogP contribution in [-0.4, -0.2) is 48.4 Å². The molecule has 2 amide bonds. The maximum Gasteiger partial charge on any atom is 0.308 e. The molecule has 0 radical (unpaired) electrons. The molecule has 1 aliphatic rings. The zero-order valence-electron chi connectivity index (χ0n) is 17.9. The Hall–Kier alpha value is -3.35. The Labute approximate surface area is 182 Å². The van der Waals surface area contributed by atoms with Gasteiger partial charge in [0.2, 0.25) is 5.91 Å². The van der Waals surface area contributed by atoms with Gasteiger partial charge in [-0.15, -0.1) is 0 Å². The van der Waals surface area contributed by atoms with Gasteiger partial charge in [-0.05, 0) is 35.7 Å². The molecular formula is C24H28N2O5. The van der Waals surface area contributed by atoms with Gasteiger partial charge in [0.1, 0.15) is 18.4 Å². The summed E-state index contributed by atoms with van der Waals surface area (Å²) in [7, 11) is 0. The van der Waals surface area contributed by atoms with Gasteiger partial charge in [-0.25, -0.2) is 0 Å². The molecule has 0 aromatic heterocycles. The third kappa shape index (κ3) is 6.31. The van der Waals surface area contributed by atoms with Gasteiger partial charge in [-0.3, -0.25) is 14.4 Å². The molecule has 164 valence electrons. The summed E-state index contributed by atoms with van der Waals surface area (Å²) in [5.41, 5.74) is 1.30. The Morgan fingerprint density at radius 1 is 1.10 bits per heavy atom. The van der Waals surface area contributed by atoms with Gasteiger partial charge in [0.15, 0.2) is 0 Å². The van der Waals surface area contributed by atoms with Gasteiger partial charge in [0, 0.05) is 18.7 Å². The van der Waals surface area contributed by atoms with E-state index in [0.717, 1.165) is 5.56 Å². The monoisotopic (exact) mass is 424 g/mol. The summed E-state index contributed by atoms with van der Waals surface area (Å²) in [6.45, 7) is 5.50. The number of hydrogen-bond acceptors (Lipinski definition) is 5. The van der Waals surface area contributed by atoms with Gasteiger partial charge in [0.05, 0.1) is 13.0 Å². The molecule has 1 atom stereocenters. The van der Waals surface area contributed by atoms with E-state index in [2.05, 4.69) is 19.2 Å². The van der Waals surface area contributed by atoms with Gasteiger partial charge >= 0.3 is 5.97 Å². The van der Waals surface area contributed by atoms with E-state index >= 15 is 0 Å². The van der Waals surface area contributed by atoms with Crippen LogP contribution >= 0.6 is 0 Å². The van der Waals surface area contributed by atoms with Crippen molar-refractivity contribution in [3.05, 3.63) is 65.7 Å². The van der Waals surface area contributed by atoms with E-state index in [1.165, 1.54) is 4.90 Å². The maximum absolute atomic E-state index is 13.0. The van der Waals surface area contributed by atoms with Crippen molar-refractivity contribution in [3.8, 4) is 5.75 Å². The minimum Gasteiger partial charge on any atom is -0.493 e. The van der Waals surface area contributed by atoms with E-state index in [0.29, 0.717) is 36.9 Å². The van der Waals surface area contributed by atoms with Crippen LogP contribution in [0.3, 0.4) is 0 Å². The zero-order chi connectivity index (χ0) is 22.2. The Kier molecular flexibility index (Phi) is 7.65. The first-order valence-corrected chi connectivity index (χ1v) is 10.4. The number of carbonyl (C=O) groups excluding carboxylic acids is 3. The zero-order valence-corrected chi connectivity index (χ0v) is 17.9. The lowest BCUT2D eigenvalue weighted by atomic mass is 10.1. The van der Waals surface area contributed by atoms with Crippen LogP contribution in [0, 0.1) is 5.92 Å². The highest BCUT2D eigenvalue weighted by molar-refractivity contribution is 5.99. The van der Waals surface area contributed by atoms with Crippen molar-refractivity contribution in [2.24, 2.45) is 5.92 Å². The fraction of sp³-hybridized carbons (Fsp3) is 0.375. The quantitative estimate of drug-likeness (QED) is 0.659. The number of ether oxygens (including phenoxy) is 2. The van der Waals surface area contributed by atoms with Crippen LogP contribution in [0.1, 0.15) is 36.2 Å². The summed E-state index contributed by atoms with van der Waals surface area (Å²) in [5, 5.41) is 2.72. The minimum absolute atomic E-state index is 0.125. The molecular weight excluding hydrogens is 396 g/mol. The Balaban J connectivity index is 1.63. The van der Waals surface area contributed by atoms with Gasteiger partial charge in [-0.1, -0.05) is 44.2 Å². The summed E-state index contributed by atoms with van der Waals surface area (Å²) in [4.78, 5) is 39.3. The first kappa shape index (κ1) is 22.3. The number of rotatable bonds is 8. The van der Waals surface area contributed by atoms with E-state index in [9.17, 15) is 14.4 Å². The second kappa shape index (κ2) is 10.6. The number of esters is 1. The smallest absolute Gasteiger partial charge is 0.308 e.